The predicted octanol–water partition coefficient (Wildman–Crippen LogP) is 4.64. The number of para-hydroxylation sites is 1. The lowest BCUT2D eigenvalue weighted by Gasteiger charge is -2.18. The molecule has 3 nitrogen and oxygen atoms in total. The number of ether oxygens (including phenoxy) is 1. The molecule has 0 atom stereocenters. The van der Waals surface area contributed by atoms with Gasteiger partial charge in [-0.2, -0.15) is 0 Å². The number of rotatable bonds is 4. The van der Waals surface area contributed by atoms with Crippen LogP contribution < -0.4 is 9.64 Å². The molecule has 0 spiro atoms. The zero-order chi connectivity index (χ0) is 16.2. The van der Waals surface area contributed by atoms with E-state index in [0.717, 1.165) is 20.9 Å². The van der Waals surface area contributed by atoms with Crippen molar-refractivity contribution in [1.29, 1.82) is 0 Å². The van der Waals surface area contributed by atoms with E-state index in [9.17, 15) is 4.79 Å². The summed E-state index contributed by atoms with van der Waals surface area (Å²) in [6.07, 6.45) is 0. The zero-order valence-corrected chi connectivity index (χ0v) is 14.3. The van der Waals surface area contributed by atoms with Gasteiger partial charge in [-0.15, -0.1) is 0 Å². The Balaban J connectivity index is 1.73. The summed E-state index contributed by atoms with van der Waals surface area (Å²) in [5.74, 6) is 0.565. The van der Waals surface area contributed by atoms with Crippen LogP contribution in [0.1, 0.15) is 0 Å². The number of nitrogens with zero attached hydrogens (tertiary/aromatic N) is 1. The van der Waals surface area contributed by atoms with Gasteiger partial charge in [0.2, 0.25) is 0 Å². The van der Waals surface area contributed by atoms with Gasteiger partial charge >= 0.3 is 0 Å². The molecule has 0 unspecified atom stereocenters. The molecule has 0 radical (unpaired) electrons. The van der Waals surface area contributed by atoms with Crippen molar-refractivity contribution in [2.75, 3.05) is 18.6 Å². The van der Waals surface area contributed by atoms with Crippen LogP contribution in [0.3, 0.4) is 0 Å². The molecule has 4 heteroatoms. The molecule has 0 N–H and O–H groups in total. The van der Waals surface area contributed by atoms with Crippen LogP contribution in [-0.2, 0) is 4.79 Å². The van der Waals surface area contributed by atoms with Gasteiger partial charge in [0.1, 0.15) is 5.75 Å². The van der Waals surface area contributed by atoms with E-state index >= 15 is 0 Å². The number of amides is 1. The summed E-state index contributed by atoms with van der Waals surface area (Å²) in [5, 5.41) is 2.19. The highest BCUT2D eigenvalue weighted by atomic mass is 79.9. The minimum absolute atomic E-state index is 0.0116. The Labute approximate surface area is 143 Å². The smallest absolute Gasteiger partial charge is 0.264 e. The first-order chi connectivity index (χ1) is 11.2. The van der Waals surface area contributed by atoms with Crippen molar-refractivity contribution in [1.82, 2.24) is 0 Å². The molecular formula is C19H16BrNO2. The van der Waals surface area contributed by atoms with Gasteiger partial charge in [-0.25, -0.2) is 0 Å². The van der Waals surface area contributed by atoms with Gasteiger partial charge < -0.3 is 9.64 Å². The number of carbonyl (C=O) groups is 1. The molecular weight excluding hydrogens is 354 g/mol. The Bertz CT molecular complexity index is 833. The number of halogens is 1. The molecule has 3 aromatic carbocycles. The van der Waals surface area contributed by atoms with Gasteiger partial charge in [-0.3, -0.25) is 4.79 Å². The van der Waals surface area contributed by atoms with Crippen LogP contribution in [-0.4, -0.2) is 19.6 Å². The summed E-state index contributed by atoms with van der Waals surface area (Å²) in [7, 11) is 1.75. The number of carbonyl (C=O) groups excluding carboxylic acids is 1. The highest BCUT2D eigenvalue weighted by molar-refractivity contribution is 9.10. The number of benzene rings is 3. The quantitative estimate of drug-likeness (QED) is 0.670. The molecule has 0 fully saturated rings. The molecule has 0 saturated carbocycles. The molecule has 0 aromatic heterocycles. The van der Waals surface area contributed by atoms with Crippen LogP contribution in [0.4, 0.5) is 5.69 Å². The first-order valence-electron chi connectivity index (χ1n) is 7.28. The molecule has 1 amide bonds. The average Bonchev–Trinajstić information content (AvgIpc) is 2.61. The fourth-order valence-electron chi connectivity index (χ4n) is 2.36. The summed E-state index contributed by atoms with van der Waals surface area (Å²) >= 11 is 3.56. The number of likely N-dealkylation sites (N-methyl/N-ethyl adjacent to an activating group) is 1. The second-order valence-electron chi connectivity index (χ2n) is 5.18. The lowest BCUT2D eigenvalue weighted by Crippen LogP contribution is -2.31. The molecule has 23 heavy (non-hydrogen) atoms. The minimum atomic E-state index is -0.101. The molecule has 0 aliphatic carbocycles. The number of hydrogen-bond acceptors (Lipinski definition) is 2. The number of fused-ring (bicyclic) bond motifs is 1. The lowest BCUT2D eigenvalue weighted by molar-refractivity contribution is -0.120. The molecule has 3 rings (SSSR count). The first-order valence-corrected chi connectivity index (χ1v) is 8.08. The van der Waals surface area contributed by atoms with Crippen LogP contribution in [0.15, 0.2) is 71.2 Å². The Kier molecular flexibility index (Phi) is 4.63. The van der Waals surface area contributed by atoms with Crippen molar-refractivity contribution in [3.05, 3.63) is 71.2 Å². The van der Waals surface area contributed by atoms with Crippen LogP contribution >= 0.6 is 15.9 Å². The molecule has 0 saturated heterocycles. The van der Waals surface area contributed by atoms with Crippen LogP contribution in [0, 0.1) is 0 Å². The molecule has 116 valence electrons. The van der Waals surface area contributed by atoms with Crippen molar-refractivity contribution in [3.63, 3.8) is 0 Å². The van der Waals surface area contributed by atoms with Crippen LogP contribution in [0.25, 0.3) is 10.8 Å². The highest BCUT2D eigenvalue weighted by Crippen LogP contribution is 2.33. The van der Waals surface area contributed by atoms with Crippen molar-refractivity contribution in [3.8, 4) is 5.75 Å². The Hall–Kier alpha value is -2.33. The molecule has 0 aliphatic rings. The summed E-state index contributed by atoms with van der Waals surface area (Å²) < 4.78 is 6.58. The van der Waals surface area contributed by atoms with E-state index in [1.165, 1.54) is 0 Å². The summed E-state index contributed by atoms with van der Waals surface area (Å²) in [6.45, 7) is -0.0116. The highest BCUT2D eigenvalue weighted by Gasteiger charge is 2.13. The van der Waals surface area contributed by atoms with Crippen LogP contribution in [0.2, 0.25) is 0 Å². The number of hydrogen-bond donors (Lipinski definition) is 0. The Morgan fingerprint density at radius 3 is 2.48 bits per heavy atom. The number of anilines is 1. The standard InChI is InChI=1S/C19H16BrNO2/c1-21(15-8-3-2-4-9-15)18(22)13-23-17-12-11-14-7-5-6-10-16(14)19(17)20/h2-12H,13H2,1H3. The summed E-state index contributed by atoms with van der Waals surface area (Å²) in [5.41, 5.74) is 0.846. The van der Waals surface area contributed by atoms with E-state index < -0.39 is 0 Å². The largest absolute Gasteiger partial charge is 0.483 e. The topological polar surface area (TPSA) is 29.5 Å². The van der Waals surface area contributed by atoms with Gasteiger partial charge in [0.05, 0.1) is 4.47 Å². The summed E-state index contributed by atoms with van der Waals surface area (Å²) in [6, 6.07) is 21.4. The SMILES string of the molecule is CN(C(=O)COc1ccc2ccccc2c1Br)c1ccccc1. The third-order valence-corrected chi connectivity index (χ3v) is 4.51. The molecule has 3 aromatic rings. The van der Waals surface area contributed by atoms with Crippen LogP contribution in [0.5, 0.6) is 5.75 Å². The van der Waals surface area contributed by atoms with Crippen molar-refractivity contribution >= 4 is 38.3 Å². The average molecular weight is 370 g/mol. The van der Waals surface area contributed by atoms with Crippen molar-refractivity contribution in [2.24, 2.45) is 0 Å². The Morgan fingerprint density at radius 2 is 1.70 bits per heavy atom. The van der Waals surface area contributed by atoms with Gasteiger partial charge in [-0.05, 0) is 44.9 Å². The molecule has 0 bridgehead atoms. The third-order valence-electron chi connectivity index (χ3n) is 3.70. The first kappa shape index (κ1) is 15.6. The van der Waals surface area contributed by atoms with E-state index in [1.807, 2.05) is 66.7 Å². The van der Waals surface area contributed by atoms with E-state index in [1.54, 1.807) is 11.9 Å². The zero-order valence-electron chi connectivity index (χ0n) is 12.7. The lowest BCUT2D eigenvalue weighted by atomic mass is 10.1. The fraction of sp³-hybridized carbons (Fsp3) is 0.105. The van der Waals surface area contributed by atoms with E-state index in [-0.39, 0.29) is 12.5 Å². The minimum Gasteiger partial charge on any atom is -0.483 e. The van der Waals surface area contributed by atoms with E-state index in [2.05, 4.69) is 15.9 Å². The fourth-order valence-corrected chi connectivity index (χ4v) is 2.96. The molecule has 0 aliphatic heterocycles. The van der Waals surface area contributed by atoms with Gasteiger partial charge in [-0.1, -0.05) is 48.5 Å². The maximum absolute atomic E-state index is 12.3. The third kappa shape index (κ3) is 3.37. The van der Waals surface area contributed by atoms with Gasteiger partial charge in [0.25, 0.3) is 5.91 Å². The monoisotopic (exact) mass is 369 g/mol. The van der Waals surface area contributed by atoms with Crippen molar-refractivity contribution in [2.45, 2.75) is 0 Å². The molecule has 0 heterocycles. The normalized spacial score (nSPS) is 10.5. The van der Waals surface area contributed by atoms with Gasteiger partial charge in [0.15, 0.2) is 6.61 Å². The summed E-state index contributed by atoms with van der Waals surface area (Å²) in [4.78, 5) is 13.9. The van der Waals surface area contributed by atoms with E-state index in [4.69, 9.17) is 4.74 Å². The predicted molar refractivity (Wildman–Crippen MR) is 97.0 cm³/mol. The van der Waals surface area contributed by atoms with E-state index in [0.29, 0.717) is 5.75 Å². The second-order valence-corrected chi connectivity index (χ2v) is 5.97. The maximum Gasteiger partial charge on any atom is 0.264 e. The Morgan fingerprint density at radius 1 is 1.00 bits per heavy atom. The maximum atomic E-state index is 12.3. The van der Waals surface area contributed by atoms with Gasteiger partial charge in [0, 0.05) is 12.7 Å². The van der Waals surface area contributed by atoms with Crippen molar-refractivity contribution < 1.29 is 9.53 Å². The second kappa shape index (κ2) is 6.84.